The first-order valence-corrected chi connectivity index (χ1v) is 15.2. The first kappa shape index (κ1) is 29.4. The van der Waals surface area contributed by atoms with Crippen molar-refractivity contribution >= 4 is 23.5 Å². The van der Waals surface area contributed by atoms with Crippen LogP contribution in [0, 0.1) is 13.8 Å². The molecule has 44 heavy (non-hydrogen) atoms. The summed E-state index contributed by atoms with van der Waals surface area (Å²) in [6.07, 6.45) is 1.88. The number of carbonyl (C=O) groups excluding carboxylic acids is 3. The maximum Gasteiger partial charge on any atom is 0.302 e. The fourth-order valence-electron chi connectivity index (χ4n) is 7.04. The normalized spacial score (nSPS) is 20.9. The number of carbonyl (C=O) groups is 3. The molecule has 6 rings (SSSR count). The standard InChI is InChI=1S/C36H37N3O5/c1-23-33(24(2)44-38-23)28-17-18-30-29(21-28)36(35(42)39(30)22-27-13-8-5-9-14-27)20-10-15-31(43-25(3)40)34(36)37-32(41)19-16-26-11-6-4-7-12-26/h4-9,11-14,17-18,21,31,34H,10,15-16,19-20,22H2,1-3H3,(H,37,41)/t31-,34+,36+/m1/s1. The topological polar surface area (TPSA) is 102 Å². The number of esters is 1. The third-order valence-electron chi connectivity index (χ3n) is 8.98. The molecule has 3 atom stereocenters. The molecule has 4 aromatic rings. The number of amides is 2. The van der Waals surface area contributed by atoms with Gasteiger partial charge in [0.05, 0.1) is 18.3 Å². The number of hydrogen-bond acceptors (Lipinski definition) is 6. The van der Waals surface area contributed by atoms with E-state index in [4.69, 9.17) is 9.26 Å². The molecule has 3 aromatic carbocycles. The summed E-state index contributed by atoms with van der Waals surface area (Å²) in [7, 11) is 0. The molecule has 0 saturated heterocycles. The number of aryl methyl sites for hydroxylation is 3. The lowest BCUT2D eigenvalue weighted by molar-refractivity contribution is -0.154. The highest BCUT2D eigenvalue weighted by Gasteiger charge is 2.60. The van der Waals surface area contributed by atoms with Gasteiger partial charge in [0.25, 0.3) is 0 Å². The van der Waals surface area contributed by atoms with Crippen molar-refractivity contribution in [1.82, 2.24) is 10.5 Å². The SMILES string of the molecule is CC(=O)O[C@@H]1CCC[C@@]2(C(=O)N(Cc3ccccc3)c3ccc(-c4c(C)noc4C)cc32)[C@H]1NC(=O)CCc1ccccc1. The summed E-state index contributed by atoms with van der Waals surface area (Å²) < 4.78 is 11.3. The predicted molar refractivity (Wildman–Crippen MR) is 167 cm³/mol. The number of nitrogens with zero attached hydrogens (tertiary/aromatic N) is 2. The van der Waals surface area contributed by atoms with E-state index in [1.807, 2.05) is 97.6 Å². The molecule has 8 nitrogen and oxygen atoms in total. The Labute approximate surface area is 257 Å². The molecule has 8 heteroatoms. The van der Waals surface area contributed by atoms with Gasteiger partial charge in [0.1, 0.15) is 17.3 Å². The van der Waals surface area contributed by atoms with E-state index in [1.54, 1.807) is 0 Å². The molecular weight excluding hydrogens is 554 g/mol. The average molecular weight is 592 g/mol. The van der Waals surface area contributed by atoms with Crippen LogP contribution >= 0.6 is 0 Å². The van der Waals surface area contributed by atoms with Crippen molar-refractivity contribution < 1.29 is 23.6 Å². The summed E-state index contributed by atoms with van der Waals surface area (Å²) >= 11 is 0. The van der Waals surface area contributed by atoms with Crippen molar-refractivity contribution in [2.24, 2.45) is 0 Å². The largest absolute Gasteiger partial charge is 0.460 e. The van der Waals surface area contributed by atoms with Crippen LogP contribution in [0.2, 0.25) is 0 Å². The van der Waals surface area contributed by atoms with Gasteiger partial charge in [-0.15, -0.1) is 0 Å². The number of nitrogens with one attached hydrogen (secondary N) is 1. The van der Waals surface area contributed by atoms with E-state index in [0.29, 0.717) is 38.0 Å². The Hall–Kier alpha value is -4.72. The molecule has 1 aromatic heterocycles. The van der Waals surface area contributed by atoms with E-state index in [2.05, 4.69) is 10.5 Å². The van der Waals surface area contributed by atoms with Crippen LogP contribution in [-0.2, 0) is 37.5 Å². The van der Waals surface area contributed by atoms with Gasteiger partial charge in [-0.3, -0.25) is 14.4 Å². The van der Waals surface area contributed by atoms with Crippen LogP contribution in [0.25, 0.3) is 11.1 Å². The maximum absolute atomic E-state index is 14.9. The summed E-state index contributed by atoms with van der Waals surface area (Å²) in [5.41, 5.74) is 5.06. The van der Waals surface area contributed by atoms with Gasteiger partial charge in [-0.2, -0.15) is 0 Å². The molecule has 2 amide bonds. The second-order valence-electron chi connectivity index (χ2n) is 11.9. The van der Waals surface area contributed by atoms with Crippen molar-refractivity contribution in [3.05, 3.63) is 107 Å². The number of ether oxygens (including phenoxy) is 1. The quantitative estimate of drug-likeness (QED) is 0.253. The Bertz CT molecular complexity index is 1660. The van der Waals surface area contributed by atoms with E-state index < -0.39 is 23.5 Å². The number of anilines is 1. The number of benzene rings is 3. The highest BCUT2D eigenvalue weighted by molar-refractivity contribution is 6.09. The first-order valence-electron chi connectivity index (χ1n) is 15.2. The van der Waals surface area contributed by atoms with E-state index in [-0.39, 0.29) is 18.2 Å². The van der Waals surface area contributed by atoms with Crippen molar-refractivity contribution in [2.75, 3.05) is 4.90 Å². The maximum atomic E-state index is 14.9. The summed E-state index contributed by atoms with van der Waals surface area (Å²) in [5, 5.41) is 7.37. The number of aromatic nitrogens is 1. The summed E-state index contributed by atoms with van der Waals surface area (Å²) in [6.45, 7) is 5.52. The van der Waals surface area contributed by atoms with Gasteiger partial charge in [0.15, 0.2) is 0 Å². The minimum absolute atomic E-state index is 0.0996. The van der Waals surface area contributed by atoms with Gasteiger partial charge in [0.2, 0.25) is 11.8 Å². The van der Waals surface area contributed by atoms with Crippen molar-refractivity contribution in [1.29, 1.82) is 0 Å². The van der Waals surface area contributed by atoms with Crippen LogP contribution in [0.1, 0.15) is 60.8 Å². The Morgan fingerprint density at radius 1 is 1.02 bits per heavy atom. The Morgan fingerprint density at radius 3 is 2.39 bits per heavy atom. The van der Waals surface area contributed by atoms with Crippen LogP contribution in [0.3, 0.4) is 0 Å². The molecule has 0 radical (unpaired) electrons. The van der Waals surface area contributed by atoms with Gasteiger partial charge in [0, 0.05) is 24.6 Å². The van der Waals surface area contributed by atoms with Crippen molar-refractivity contribution in [3.63, 3.8) is 0 Å². The third kappa shape index (κ3) is 5.41. The number of rotatable bonds is 8. The molecule has 226 valence electrons. The van der Waals surface area contributed by atoms with Crippen molar-refractivity contribution in [2.45, 2.75) is 77.0 Å². The minimum Gasteiger partial charge on any atom is -0.460 e. The summed E-state index contributed by atoms with van der Waals surface area (Å²) in [5.74, 6) is -0.0338. The lowest BCUT2D eigenvalue weighted by Crippen LogP contribution is -2.63. The molecule has 2 aliphatic rings. The van der Waals surface area contributed by atoms with Crippen molar-refractivity contribution in [3.8, 4) is 11.1 Å². The Balaban J connectivity index is 1.45. The van der Waals surface area contributed by atoms with Gasteiger partial charge in [-0.25, -0.2) is 0 Å². The molecule has 1 spiro atoms. The minimum atomic E-state index is -1.13. The molecule has 0 bridgehead atoms. The van der Waals surface area contributed by atoms with E-state index in [1.165, 1.54) is 6.92 Å². The lowest BCUT2D eigenvalue weighted by Gasteiger charge is -2.44. The lowest BCUT2D eigenvalue weighted by atomic mass is 9.65. The van der Waals surface area contributed by atoms with Gasteiger partial charge < -0.3 is 19.5 Å². The fraction of sp³-hybridized carbons (Fsp3) is 0.333. The number of fused-ring (bicyclic) bond motifs is 2. The molecule has 1 fully saturated rings. The van der Waals surface area contributed by atoms with Crippen LogP contribution in [0.15, 0.2) is 83.4 Å². The Morgan fingerprint density at radius 2 is 1.73 bits per heavy atom. The van der Waals surface area contributed by atoms with Crippen LogP contribution in [0.5, 0.6) is 0 Å². The molecule has 1 saturated carbocycles. The molecular formula is C36H37N3O5. The first-order chi connectivity index (χ1) is 21.3. The highest BCUT2D eigenvalue weighted by Crippen LogP contribution is 2.52. The monoisotopic (exact) mass is 591 g/mol. The zero-order valence-corrected chi connectivity index (χ0v) is 25.3. The molecule has 1 N–H and O–H groups in total. The highest BCUT2D eigenvalue weighted by atomic mass is 16.5. The average Bonchev–Trinajstić information content (AvgIpc) is 3.47. The van der Waals surface area contributed by atoms with E-state index in [9.17, 15) is 14.4 Å². The molecule has 1 aliphatic carbocycles. The molecule has 0 unspecified atom stereocenters. The van der Waals surface area contributed by atoms with E-state index >= 15 is 0 Å². The third-order valence-corrected chi connectivity index (χ3v) is 8.98. The Kier molecular flexibility index (Phi) is 8.08. The predicted octanol–water partition coefficient (Wildman–Crippen LogP) is 5.98. The van der Waals surface area contributed by atoms with Gasteiger partial charge in [-0.05, 0) is 73.9 Å². The van der Waals surface area contributed by atoms with Crippen LogP contribution in [0.4, 0.5) is 5.69 Å². The zero-order valence-electron chi connectivity index (χ0n) is 25.3. The summed E-state index contributed by atoms with van der Waals surface area (Å²) in [6, 6.07) is 25.0. The van der Waals surface area contributed by atoms with E-state index in [0.717, 1.165) is 39.2 Å². The molecule has 1 aliphatic heterocycles. The second-order valence-corrected chi connectivity index (χ2v) is 11.9. The van der Waals surface area contributed by atoms with Crippen LogP contribution in [-0.4, -0.2) is 35.1 Å². The zero-order chi connectivity index (χ0) is 30.8. The molecule has 2 heterocycles. The fourth-order valence-corrected chi connectivity index (χ4v) is 7.04. The smallest absolute Gasteiger partial charge is 0.302 e. The number of hydrogen-bond donors (Lipinski definition) is 1. The summed E-state index contributed by atoms with van der Waals surface area (Å²) in [4.78, 5) is 42.6. The van der Waals surface area contributed by atoms with Gasteiger partial charge in [-0.1, -0.05) is 71.9 Å². The second kappa shape index (κ2) is 12.1. The van der Waals surface area contributed by atoms with Gasteiger partial charge >= 0.3 is 5.97 Å². The van der Waals surface area contributed by atoms with Crippen LogP contribution < -0.4 is 10.2 Å².